The summed E-state index contributed by atoms with van der Waals surface area (Å²) in [6, 6.07) is 0.750. The van der Waals surface area contributed by atoms with Gasteiger partial charge in [-0.1, -0.05) is 16.8 Å². The summed E-state index contributed by atoms with van der Waals surface area (Å²) in [7, 11) is 0. The van der Waals surface area contributed by atoms with Gasteiger partial charge in [-0.3, -0.25) is 24.6 Å². The standard InChI is InChI=1S/C15H12ClF3N4O4/c1-6(24)10-9-11(27-22-10)14(26)23(13(9)25)3-2-20-12-8(16)4-7(5-21-12)15(17,18)19/h4-5,9,11H,2-3H2,1H3,(H,20,21)/p+1/t9-,11-/m1/s1. The third-order valence-corrected chi connectivity index (χ3v) is 4.42. The van der Waals surface area contributed by atoms with Gasteiger partial charge in [0.1, 0.15) is 29.4 Å². The molecule has 0 unspecified atom stereocenters. The van der Waals surface area contributed by atoms with E-state index in [1.807, 2.05) is 0 Å². The molecule has 2 aliphatic rings. The van der Waals surface area contributed by atoms with Gasteiger partial charge < -0.3 is 4.84 Å². The zero-order valence-electron chi connectivity index (χ0n) is 13.8. The van der Waals surface area contributed by atoms with Crippen molar-refractivity contribution in [1.29, 1.82) is 0 Å². The van der Waals surface area contributed by atoms with E-state index < -0.39 is 41.4 Å². The lowest BCUT2D eigenvalue weighted by Gasteiger charge is -2.14. The van der Waals surface area contributed by atoms with E-state index in [2.05, 4.69) is 15.5 Å². The van der Waals surface area contributed by atoms with Gasteiger partial charge in [0.25, 0.3) is 11.7 Å². The molecule has 2 N–H and O–H groups in total. The number of halogens is 4. The summed E-state index contributed by atoms with van der Waals surface area (Å²) in [5, 5.41) is 6.01. The maximum absolute atomic E-state index is 12.6. The third kappa shape index (κ3) is 3.46. The Labute approximate surface area is 155 Å². The van der Waals surface area contributed by atoms with Gasteiger partial charge in [0.05, 0.1) is 12.1 Å². The van der Waals surface area contributed by atoms with E-state index in [-0.39, 0.29) is 29.6 Å². The number of pyridine rings is 1. The number of aromatic nitrogens is 1. The first-order chi connectivity index (χ1) is 12.6. The molecule has 27 heavy (non-hydrogen) atoms. The van der Waals surface area contributed by atoms with Gasteiger partial charge in [-0.25, -0.2) is 4.98 Å². The van der Waals surface area contributed by atoms with Crippen molar-refractivity contribution in [2.24, 2.45) is 11.1 Å². The van der Waals surface area contributed by atoms with Crippen molar-refractivity contribution in [1.82, 2.24) is 4.90 Å². The Balaban J connectivity index is 1.63. The molecule has 1 aromatic heterocycles. The lowest BCUT2D eigenvalue weighted by molar-refractivity contribution is -0.364. The smallest absolute Gasteiger partial charge is 0.381 e. The molecular formula is C15H13ClF3N4O4+. The number of nitrogens with zero attached hydrogens (tertiary/aromatic N) is 2. The summed E-state index contributed by atoms with van der Waals surface area (Å²) < 4.78 is 37.9. The number of hydrogen-bond donors (Lipinski definition) is 1. The monoisotopic (exact) mass is 405 g/mol. The van der Waals surface area contributed by atoms with Crippen LogP contribution in [0.2, 0.25) is 5.02 Å². The first kappa shape index (κ1) is 19.1. The highest BCUT2D eigenvalue weighted by molar-refractivity contribution is 6.45. The van der Waals surface area contributed by atoms with Crippen LogP contribution < -0.4 is 10.3 Å². The summed E-state index contributed by atoms with van der Waals surface area (Å²) in [6.45, 7) is 1.14. The van der Waals surface area contributed by atoms with E-state index in [1.165, 1.54) is 6.92 Å². The lowest BCUT2D eigenvalue weighted by Crippen LogP contribution is -2.37. The Bertz CT molecular complexity index is 858. The summed E-state index contributed by atoms with van der Waals surface area (Å²) in [6.07, 6.45) is -4.95. The Hall–Kier alpha value is -2.69. The molecule has 2 aliphatic heterocycles. The average Bonchev–Trinajstić information content (AvgIpc) is 3.11. The van der Waals surface area contributed by atoms with Crippen LogP contribution in [0.4, 0.5) is 19.0 Å². The number of fused-ring (bicyclic) bond motifs is 1. The molecule has 1 aromatic rings. The Morgan fingerprint density at radius 2 is 2.11 bits per heavy atom. The molecule has 12 heteroatoms. The zero-order chi connectivity index (χ0) is 19.9. The van der Waals surface area contributed by atoms with E-state index in [0.29, 0.717) is 0 Å². The molecule has 2 amide bonds. The summed E-state index contributed by atoms with van der Waals surface area (Å²) >= 11 is 5.81. The van der Waals surface area contributed by atoms with Gasteiger partial charge in [0, 0.05) is 6.92 Å². The van der Waals surface area contributed by atoms with Gasteiger partial charge in [-0.2, -0.15) is 13.2 Å². The highest BCUT2D eigenvalue weighted by Gasteiger charge is 2.56. The van der Waals surface area contributed by atoms with Gasteiger partial charge in [-0.05, 0) is 6.07 Å². The molecule has 144 valence electrons. The van der Waals surface area contributed by atoms with E-state index in [4.69, 9.17) is 16.4 Å². The first-order valence-electron chi connectivity index (χ1n) is 7.73. The number of Topliss-reactive ketones (excluding diaryl/α,β-unsaturated/α-hetero) is 1. The van der Waals surface area contributed by atoms with Crippen LogP contribution in [-0.2, 0) is 25.4 Å². The predicted molar refractivity (Wildman–Crippen MR) is 84.7 cm³/mol. The first-order valence-corrected chi connectivity index (χ1v) is 8.11. The fourth-order valence-corrected chi connectivity index (χ4v) is 3.04. The molecule has 0 bridgehead atoms. The van der Waals surface area contributed by atoms with E-state index in [9.17, 15) is 27.6 Å². The number of anilines is 1. The second kappa shape index (κ2) is 6.80. The molecule has 8 nitrogen and oxygen atoms in total. The van der Waals surface area contributed by atoms with E-state index in [0.717, 1.165) is 17.2 Å². The van der Waals surface area contributed by atoms with Crippen LogP contribution >= 0.6 is 11.6 Å². The van der Waals surface area contributed by atoms with E-state index >= 15 is 0 Å². The maximum Gasteiger partial charge on any atom is 0.419 e. The van der Waals surface area contributed by atoms with Gasteiger partial charge in [0.15, 0.2) is 5.78 Å². The van der Waals surface area contributed by atoms with Gasteiger partial charge >= 0.3 is 6.18 Å². The molecule has 0 aliphatic carbocycles. The summed E-state index contributed by atoms with van der Waals surface area (Å²) in [5.74, 6) is -2.66. The van der Waals surface area contributed by atoms with Gasteiger partial charge in [0.2, 0.25) is 12.0 Å². The Kier molecular flexibility index (Phi) is 4.81. The van der Waals surface area contributed by atoms with Crippen LogP contribution in [0.3, 0.4) is 0 Å². The normalized spacial score (nSPS) is 21.8. The molecule has 1 saturated heterocycles. The number of aromatic amines is 1. The molecule has 0 aromatic carbocycles. The number of oxime groups is 1. The zero-order valence-corrected chi connectivity index (χ0v) is 14.5. The minimum atomic E-state index is -4.54. The number of imide groups is 1. The van der Waals surface area contributed by atoms with Crippen molar-refractivity contribution < 1.29 is 37.4 Å². The largest absolute Gasteiger partial charge is 0.419 e. The van der Waals surface area contributed by atoms with E-state index in [1.54, 1.807) is 0 Å². The number of likely N-dealkylation sites (tertiary alicyclic amines) is 1. The second-order valence-corrected chi connectivity index (χ2v) is 6.31. The number of nitrogens with one attached hydrogen (secondary N) is 2. The Morgan fingerprint density at radius 1 is 1.41 bits per heavy atom. The number of carbonyl (C=O) groups excluding carboxylic acids is 3. The fourth-order valence-electron chi connectivity index (χ4n) is 2.80. The van der Waals surface area contributed by atoms with Crippen LogP contribution in [0.5, 0.6) is 0 Å². The SMILES string of the molecule is CC(=O)C1=NO[C@H]2C(=O)N(CCNc3[nH+]cc(C(F)(F)F)cc3Cl)C(=O)[C@H]12. The van der Waals surface area contributed by atoms with Crippen molar-refractivity contribution >= 4 is 40.7 Å². The Morgan fingerprint density at radius 3 is 2.70 bits per heavy atom. The van der Waals surface area contributed by atoms with Crippen LogP contribution in [0.25, 0.3) is 0 Å². The quantitative estimate of drug-likeness (QED) is 0.734. The van der Waals surface area contributed by atoms with Crippen molar-refractivity contribution in [3.05, 3.63) is 22.8 Å². The fraction of sp³-hybridized carbons (Fsp3) is 0.400. The number of rotatable bonds is 5. The maximum atomic E-state index is 12.6. The van der Waals surface area contributed by atoms with Crippen molar-refractivity contribution in [2.75, 3.05) is 18.4 Å². The predicted octanol–water partition coefficient (Wildman–Crippen LogP) is 0.914. The molecule has 0 spiro atoms. The van der Waals surface area contributed by atoms with Crippen LogP contribution in [0, 0.1) is 5.92 Å². The van der Waals surface area contributed by atoms with Crippen molar-refractivity contribution in [3.8, 4) is 0 Å². The van der Waals surface area contributed by atoms with Crippen molar-refractivity contribution in [2.45, 2.75) is 19.2 Å². The number of alkyl halides is 3. The molecule has 3 heterocycles. The number of carbonyl (C=O) groups is 3. The highest BCUT2D eigenvalue weighted by atomic mass is 35.5. The molecular weight excluding hydrogens is 393 g/mol. The highest BCUT2D eigenvalue weighted by Crippen LogP contribution is 2.32. The van der Waals surface area contributed by atoms with Gasteiger partial charge in [-0.15, -0.1) is 0 Å². The summed E-state index contributed by atoms with van der Waals surface area (Å²) in [4.78, 5) is 44.3. The molecule has 0 radical (unpaired) electrons. The number of hydrogen-bond acceptors (Lipinski definition) is 6. The minimum absolute atomic E-state index is 0.0189. The molecule has 2 atom stereocenters. The second-order valence-electron chi connectivity index (χ2n) is 5.90. The minimum Gasteiger partial charge on any atom is -0.381 e. The molecule has 3 rings (SSSR count). The lowest BCUT2D eigenvalue weighted by atomic mass is 9.97. The summed E-state index contributed by atoms with van der Waals surface area (Å²) in [5.41, 5.74) is -1.04. The average molecular weight is 406 g/mol. The number of ketones is 1. The molecule has 1 fully saturated rings. The van der Waals surface area contributed by atoms with Crippen LogP contribution in [0.1, 0.15) is 12.5 Å². The van der Waals surface area contributed by atoms with Crippen LogP contribution in [-0.4, -0.2) is 47.4 Å². The molecule has 0 saturated carbocycles. The number of H-pyrrole nitrogens is 1. The van der Waals surface area contributed by atoms with Crippen LogP contribution in [0.15, 0.2) is 17.4 Å². The topological polar surface area (TPSA) is 102 Å². The number of amides is 2. The third-order valence-electron chi connectivity index (χ3n) is 4.12. The van der Waals surface area contributed by atoms with Crippen molar-refractivity contribution in [3.63, 3.8) is 0 Å².